The molecule has 10 aromatic carbocycles. The maximum atomic E-state index is 6.43. The lowest BCUT2D eigenvalue weighted by Gasteiger charge is -2.26. The van der Waals surface area contributed by atoms with Crippen molar-refractivity contribution in [3.05, 3.63) is 243 Å². The molecule has 12 aromatic rings. The molecule has 0 N–H and O–H groups in total. The molecule has 2 aromatic heterocycles. The zero-order chi connectivity index (χ0) is 42.4. The van der Waals surface area contributed by atoms with Gasteiger partial charge in [-0.2, -0.15) is 0 Å². The third kappa shape index (κ3) is 6.66. The minimum Gasteiger partial charge on any atom is -0.456 e. The van der Waals surface area contributed by atoms with Gasteiger partial charge in [-0.3, -0.25) is 0 Å². The van der Waals surface area contributed by atoms with Crippen LogP contribution in [0.1, 0.15) is 0 Å². The highest BCUT2D eigenvalue weighted by Gasteiger charge is 2.17. The molecule has 0 aliphatic carbocycles. The molecule has 0 aliphatic rings. The number of benzene rings is 10. The summed E-state index contributed by atoms with van der Waals surface area (Å²) in [6.07, 6.45) is 0. The van der Waals surface area contributed by atoms with E-state index in [1.807, 2.05) is 24.3 Å². The molecule has 2 heterocycles. The molecule has 64 heavy (non-hydrogen) atoms. The summed E-state index contributed by atoms with van der Waals surface area (Å²) in [7, 11) is 0. The molecule has 302 valence electrons. The van der Waals surface area contributed by atoms with Crippen LogP contribution in [0.5, 0.6) is 0 Å². The number of furan rings is 2. The van der Waals surface area contributed by atoms with Gasteiger partial charge in [-0.05, 0) is 125 Å². The fraction of sp³-hybridized carbons (Fsp3) is 0. The Kier molecular flexibility index (Phi) is 9.12. The lowest BCUT2D eigenvalue weighted by Crippen LogP contribution is -2.10. The fourth-order valence-corrected chi connectivity index (χ4v) is 9.13. The summed E-state index contributed by atoms with van der Waals surface area (Å²) in [4.78, 5) is 4.61. The first-order valence-electron chi connectivity index (χ1n) is 21.7. The van der Waals surface area contributed by atoms with Crippen LogP contribution in [-0.4, -0.2) is 0 Å². The Balaban J connectivity index is 0.896. The molecular formula is C60H40N2O2. The molecule has 0 spiro atoms. The second-order valence-electron chi connectivity index (χ2n) is 16.1. The molecule has 4 heteroatoms. The number of hydrogen-bond acceptors (Lipinski definition) is 4. The minimum absolute atomic E-state index is 0.897. The maximum absolute atomic E-state index is 6.43. The molecule has 0 aliphatic heterocycles. The van der Waals surface area contributed by atoms with E-state index in [1.165, 1.54) is 0 Å². The van der Waals surface area contributed by atoms with Crippen molar-refractivity contribution in [2.75, 3.05) is 9.80 Å². The Morgan fingerprint density at radius 1 is 0.234 bits per heavy atom. The van der Waals surface area contributed by atoms with Crippen molar-refractivity contribution in [3.8, 4) is 33.4 Å². The Bertz CT molecular complexity index is 3530. The highest BCUT2D eigenvalue weighted by molar-refractivity contribution is 6.10. The van der Waals surface area contributed by atoms with Crippen molar-refractivity contribution in [2.24, 2.45) is 0 Å². The Morgan fingerprint density at radius 3 is 1.14 bits per heavy atom. The van der Waals surface area contributed by atoms with Crippen LogP contribution in [0.25, 0.3) is 77.3 Å². The third-order valence-corrected chi connectivity index (χ3v) is 12.3. The van der Waals surface area contributed by atoms with Gasteiger partial charge in [0.2, 0.25) is 0 Å². The molecule has 0 saturated heterocycles. The quantitative estimate of drug-likeness (QED) is 0.145. The van der Waals surface area contributed by atoms with E-state index in [4.69, 9.17) is 8.83 Å². The maximum Gasteiger partial charge on any atom is 0.143 e. The van der Waals surface area contributed by atoms with Crippen molar-refractivity contribution >= 4 is 78.0 Å². The third-order valence-electron chi connectivity index (χ3n) is 12.3. The predicted molar refractivity (Wildman–Crippen MR) is 267 cm³/mol. The van der Waals surface area contributed by atoms with E-state index in [0.29, 0.717) is 0 Å². The normalized spacial score (nSPS) is 11.4. The van der Waals surface area contributed by atoms with Gasteiger partial charge in [-0.15, -0.1) is 0 Å². The molecule has 0 radical (unpaired) electrons. The molecule has 0 saturated carbocycles. The van der Waals surface area contributed by atoms with Gasteiger partial charge in [-0.25, -0.2) is 0 Å². The average molecular weight is 821 g/mol. The largest absolute Gasteiger partial charge is 0.456 e. The summed E-state index contributed by atoms with van der Waals surface area (Å²) in [5, 5.41) is 4.50. The van der Waals surface area contributed by atoms with E-state index in [0.717, 1.165) is 111 Å². The van der Waals surface area contributed by atoms with Crippen LogP contribution in [0.4, 0.5) is 34.1 Å². The van der Waals surface area contributed by atoms with Crippen molar-refractivity contribution in [1.82, 2.24) is 0 Å². The SMILES string of the molecule is c1ccc(N(c2ccccc2)c2ccc(-c3ccc(N(c4ccc(-c5ccc6oc7ccccc7c6c5)cc4)c4ccc(-c5cccc6c5oc5ccccc56)cc4)cc3)cc2)cc1. The Labute approximate surface area is 371 Å². The van der Waals surface area contributed by atoms with Gasteiger partial charge in [0.1, 0.15) is 22.3 Å². The number of fused-ring (bicyclic) bond motifs is 6. The van der Waals surface area contributed by atoms with Gasteiger partial charge < -0.3 is 18.6 Å². The molecular weight excluding hydrogens is 781 g/mol. The van der Waals surface area contributed by atoms with Gasteiger partial charge in [0, 0.05) is 61.2 Å². The van der Waals surface area contributed by atoms with E-state index >= 15 is 0 Å². The van der Waals surface area contributed by atoms with Crippen molar-refractivity contribution in [2.45, 2.75) is 0 Å². The first-order chi connectivity index (χ1) is 31.7. The molecule has 12 rings (SSSR count). The van der Waals surface area contributed by atoms with E-state index in [9.17, 15) is 0 Å². The summed E-state index contributed by atoms with van der Waals surface area (Å²) in [5.74, 6) is 0. The van der Waals surface area contributed by atoms with Crippen LogP contribution < -0.4 is 9.80 Å². The molecule has 0 unspecified atom stereocenters. The van der Waals surface area contributed by atoms with E-state index < -0.39 is 0 Å². The summed E-state index contributed by atoms with van der Waals surface area (Å²) in [5.41, 5.74) is 16.9. The van der Waals surface area contributed by atoms with Crippen LogP contribution in [-0.2, 0) is 0 Å². The predicted octanol–water partition coefficient (Wildman–Crippen LogP) is 17.4. The van der Waals surface area contributed by atoms with Gasteiger partial charge in [0.15, 0.2) is 0 Å². The smallest absolute Gasteiger partial charge is 0.143 e. The zero-order valence-electron chi connectivity index (χ0n) is 34.8. The molecule has 4 nitrogen and oxygen atoms in total. The zero-order valence-corrected chi connectivity index (χ0v) is 34.8. The van der Waals surface area contributed by atoms with E-state index in [1.54, 1.807) is 0 Å². The number of anilines is 6. The summed E-state index contributed by atoms with van der Waals surface area (Å²) < 4.78 is 12.6. The number of nitrogens with zero attached hydrogens (tertiary/aromatic N) is 2. The fourth-order valence-electron chi connectivity index (χ4n) is 9.13. The summed E-state index contributed by atoms with van der Waals surface area (Å²) >= 11 is 0. The highest BCUT2D eigenvalue weighted by Crippen LogP contribution is 2.41. The molecule has 0 amide bonds. The monoisotopic (exact) mass is 820 g/mol. The van der Waals surface area contributed by atoms with Crippen LogP contribution in [0.3, 0.4) is 0 Å². The van der Waals surface area contributed by atoms with E-state index in [2.05, 4.69) is 228 Å². The summed E-state index contributed by atoms with van der Waals surface area (Å²) in [6, 6.07) is 85.8. The lowest BCUT2D eigenvalue weighted by molar-refractivity contribution is 0.669. The molecule has 0 fully saturated rings. The second kappa shape index (κ2) is 15.7. The van der Waals surface area contributed by atoms with Crippen molar-refractivity contribution in [3.63, 3.8) is 0 Å². The average Bonchev–Trinajstić information content (AvgIpc) is 3.94. The number of para-hydroxylation sites is 5. The van der Waals surface area contributed by atoms with Crippen LogP contribution in [0.15, 0.2) is 251 Å². The highest BCUT2D eigenvalue weighted by atomic mass is 16.3. The first kappa shape index (κ1) is 37.2. The Morgan fingerprint density at radius 2 is 0.609 bits per heavy atom. The standard InChI is InChI=1S/C60H40N2O2/c1-3-12-46(13-4-1)61(47-14-5-2-6-15-47)48-31-22-41(23-32-48)42-24-33-49(34-25-42)62(50-35-26-43(27-36-50)45-30-39-59-56(40-45)54-17-8-9-20-57(54)63-59)51-37-28-44(29-38-51)52-18-11-19-55-53-16-7-10-21-58(53)64-60(52)55/h1-40H. The van der Waals surface area contributed by atoms with Gasteiger partial charge in [0.25, 0.3) is 0 Å². The topological polar surface area (TPSA) is 32.8 Å². The molecule has 0 bridgehead atoms. The molecule has 0 atom stereocenters. The minimum atomic E-state index is 0.897. The number of rotatable bonds is 9. The van der Waals surface area contributed by atoms with Gasteiger partial charge >= 0.3 is 0 Å². The Hall–Kier alpha value is -8.60. The van der Waals surface area contributed by atoms with Crippen LogP contribution >= 0.6 is 0 Å². The lowest BCUT2D eigenvalue weighted by atomic mass is 10.0. The van der Waals surface area contributed by atoms with Gasteiger partial charge in [0.05, 0.1) is 0 Å². The summed E-state index contributed by atoms with van der Waals surface area (Å²) in [6.45, 7) is 0. The van der Waals surface area contributed by atoms with Crippen molar-refractivity contribution in [1.29, 1.82) is 0 Å². The van der Waals surface area contributed by atoms with Gasteiger partial charge in [-0.1, -0.05) is 146 Å². The van der Waals surface area contributed by atoms with Crippen LogP contribution in [0.2, 0.25) is 0 Å². The van der Waals surface area contributed by atoms with Crippen LogP contribution in [0, 0.1) is 0 Å². The van der Waals surface area contributed by atoms with E-state index in [-0.39, 0.29) is 0 Å². The first-order valence-corrected chi connectivity index (χ1v) is 21.7. The number of hydrogen-bond donors (Lipinski definition) is 0. The second-order valence-corrected chi connectivity index (χ2v) is 16.1. The van der Waals surface area contributed by atoms with Crippen molar-refractivity contribution < 1.29 is 8.83 Å².